The van der Waals surface area contributed by atoms with Crippen molar-refractivity contribution in [1.29, 1.82) is 0 Å². The molecule has 1 saturated carbocycles. The number of benzene rings is 1. The number of hydrogen-bond donors (Lipinski definition) is 1. The standard InChI is InChI=1S/C23H23N3O4/c1-13-17(20(30-25-13)14-6-3-2-4-7-14)21(27)24-10-5-11-26-22(28)18-15-8-9-16(12-15)19(18)23(26)29/h2-4,6-9,15-16,18-19H,5,10-12H2,1H3,(H,24,27)/t15-,16-,18-,19+/m0/s1. The summed E-state index contributed by atoms with van der Waals surface area (Å²) in [4.78, 5) is 39.6. The van der Waals surface area contributed by atoms with Crippen LogP contribution in [0.3, 0.4) is 0 Å². The van der Waals surface area contributed by atoms with Gasteiger partial charge in [-0.25, -0.2) is 0 Å². The molecule has 1 aliphatic heterocycles. The minimum Gasteiger partial charge on any atom is -0.355 e. The Bertz CT molecular complexity index is 1010. The lowest BCUT2D eigenvalue weighted by Crippen LogP contribution is -2.36. The third-order valence-electron chi connectivity index (χ3n) is 6.53. The zero-order valence-electron chi connectivity index (χ0n) is 16.7. The number of carbonyl (C=O) groups is 3. The van der Waals surface area contributed by atoms with Crippen LogP contribution in [-0.4, -0.2) is 40.9 Å². The lowest BCUT2D eigenvalue weighted by molar-refractivity contribution is -0.140. The van der Waals surface area contributed by atoms with Crippen molar-refractivity contribution < 1.29 is 18.9 Å². The van der Waals surface area contributed by atoms with Crippen molar-refractivity contribution in [3.63, 3.8) is 0 Å². The second kappa shape index (κ2) is 7.23. The Kier molecular flexibility index (Phi) is 4.53. The van der Waals surface area contributed by atoms with Crippen molar-refractivity contribution >= 4 is 17.7 Å². The number of imide groups is 1. The lowest BCUT2D eigenvalue weighted by atomic mass is 9.85. The van der Waals surface area contributed by atoms with Crippen LogP contribution in [0, 0.1) is 30.6 Å². The molecule has 4 atom stereocenters. The molecule has 1 aromatic heterocycles. The molecule has 2 bridgehead atoms. The zero-order valence-corrected chi connectivity index (χ0v) is 16.7. The highest BCUT2D eigenvalue weighted by Crippen LogP contribution is 2.52. The molecule has 3 amide bonds. The molecule has 1 N–H and O–H groups in total. The third kappa shape index (κ3) is 2.88. The van der Waals surface area contributed by atoms with Crippen LogP contribution in [-0.2, 0) is 9.59 Å². The van der Waals surface area contributed by atoms with Gasteiger partial charge in [-0.2, -0.15) is 0 Å². The summed E-state index contributed by atoms with van der Waals surface area (Å²) in [6.07, 6.45) is 5.62. The van der Waals surface area contributed by atoms with Crippen molar-refractivity contribution in [2.75, 3.05) is 13.1 Å². The molecule has 0 spiro atoms. The van der Waals surface area contributed by atoms with E-state index in [1.165, 1.54) is 4.90 Å². The molecule has 30 heavy (non-hydrogen) atoms. The Morgan fingerprint density at radius 2 is 1.80 bits per heavy atom. The highest BCUT2D eigenvalue weighted by atomic mass is 16.5. The van der Waals surface area contributed by atoms with Crippen LogP contribution >= 0.6 is 0 Å². The predicted octanol–water partition coefficient (Wildman–Crippen LogP) is 2.58. The third-order valence-corrected chi connectivity index (χ3v) is 6.53. The SMILES string of the molecule is Cc1noc(-c2ccccc2)c1C(=O)NCCCN1C(=O)[C@@H]2[C@H](C1=O)[C@H]1C=C[C@H]2C1. The summed E-state index contributed by atoms with van der Waals surface area (Å²) in [5, 5.41) is 6.81. The number of nitrogens with one attached hydrogen (secondary N) is 1. The fourth-order valence-electron chi connectivity index (χ4n) is 5.14. The Hall–Kier alpha value is -3.22. The molecule has 1 saturated heterocycles. The van der Waals surface area contributed by atoms with Crippen molar-refractivity contribution in [2.24, 2.45) is 23.7 Å². The van der Waals surface area contributed by atoms with E-state index in [0.29, 0.717) is 36.5 Å². The van der Waals surface area contributed by atoms with Crippen LogP contribution in [0.4, 0.5) is 0 Å². The van der Waals surface area contributed by atoms with Crippen LogP contribution in [0.1, 0.15) is 28.9 Å². The second-order valence-corrected chi connectivity index (χ2v) is 8.28. The van der Waals surface area contributed by atoms with E-state index < -0.39 is 0 Å². The molecule has 0 unspecified atom stereocenters. The van der Waals surface area contributed by atoms with E-state index in [1.54, 1.807) is 6.92 Å². The molecule has 2 aliphatic carbocycles. The van der Waals surface area contributed by atoms with E-state index in [0.717, 1.165) is 12.0 Å². The summed E-state index contributed by atoms with van der Waals surface area (Å²) in [5.41, 5.74) is 1.71. The predicted molar refractivity (Wildman–Crippen MR) is 108 cm³/mol. The summed E-state index contributed by atoms with van der Waals surface area (Å²) < 4.78 is 5.37. The molecule has 3 aliphatic rings. The Balaban J connectivity index is 1.19. The fourth-order valence-corrected chi connectivity index (χ4v) is 5.14. The number of aryl methyl sites for hydroxylation is 1. The van der Waals surface area contributed by atoms with Crippen molar-refractivity contribution in [3.05, 3.63) is 53.7 Å². The summed E-state index contributed by atoms with van der Waals surface area (Å²) in [5.74, 6) is 0.162. The lowest BCUT2D eigenvalue weighted by Gasteiger charge is -2.17. The van der Waals surface area contributed by atoms with Gasteiger partial charge >= 0.3 is 0 Å². The number of likely N-dealkylation sites (tertiary alicyclic amines) is 1. The Morgan fingerprint density at radius 3 is 2.47 bits per heavy atom. The molecular formula is C23H23N3O4. The minimum absolute atomic E-state index is 0.0468. The van der Waals surface area contributed by atoms with Gasteiger partial charge in [-0.05, 0) is 31.6 Å². The number of carbonyl (C=O) groups excluding carboxylic acids is 3. The number of allylic oxidation sites excluding steroid dienone is 2. The second-order valence-electron chi connectivity index (χ2n) is 8.28. The van der Waals surface area contributed by atoms with Gasteiger partial charge in [-0.15, -0.1) is 0 Å². The molecule has 7 nitrogen and oxygen atoms in total. The van der Waals surface area contributed by atoms with Gasteiger partial charge in [0.25, 0.3) is 5.91 Å². The zero-order chi connectivity index (χ0) is 20.8. The van der Waals surface area contributed by atoms with E-state index in [2.05, 4.69) is 22.6 Å². The van der Waals surface area contributed by atoms with Gasteiger partial charge in [-0.3, -0.25) is 19.3 Å². The van der Waals surface area contributed by atoms with E-state index in [-0.39, 0.29) is 41.4 Å². The topological polar surface area (TPSA) is 92.5 Å². The van der Waals surface area contributed by atoms with E-state index in [9.17, 15) is 14.4 Å². The smallest absolute Gasteiger partial charge is 0.257 e. The highest BCUT2D eigenvalue weighted by molar-refractivity contribution is 6.06. The van der Waals surface area contributed by atoms with Crippen LogP contribution in [0.25, 0.3) is 11.3 Å². The minimum atomic E-state index is -0.272. The molecule has 2 fully saturated rings. The van der Waals surface area contributed by atoms with Crippen molar-refractivity contribution in [1.82, 2.24) is 15.4 Å². The van der Waals surface area contributed by atoms with Gasteiger partial charge in [0.15, 0.2) is 5.76 Å². The number of nitrogens with zero attached hydrogens (tertiary/aromatic N) is 2. The summed E-state index contributed by atoms with van der Waals surface area (Å²) in [7, 11) is 0. The molecule has 154 valence electrons. The molecule has 2 aromatic rings. The summed E-state index contributed by atoms with van der Waals surface area (Å²) in [6, 6.07) is 9.36. The first-order chi connectivity index (χ1) is 14.6. The Labute approximate surface area is 174 Å². The molecular weight excluding hydrogens is 382 g/mol. The van der Waals surface area contributed by atoms with Crippen LogP contribution in [0.5, 0.6) is 0 Å². The average molecular weight is 405 g/mol. The maximum absolute atomic E-state index is 12.7. The largest absolute Gasteiger partial charge is 0.355 e. The first kappa shape index (κ1) is 18.8. The van der Waals surface area contributed by atoms with Crippen molar-refractivity contribution in [2.45, 2.75) is 19.8 Å². The highest BCUT2D eigenvalue weighted by Gasteiger charge is 2.58. The normalized spacial score (nSPS) is 26.5. The van der Waals surface area contributed by atoms with Gasteiger partial charge in [0.1, 0.15) is 5.56 Å². The number of rotatable bonds is 6. The summed E-state index contributed by atoms with van der Waals surface area (Å²) >= 11 is 0. The Morgan fingerprint density at radius 1 is 1.13 bits per heavy atom. The molecule has 2 heterocycles. The molecule has 0 radical (unpaired) electrons. The number of aromatic nitrogens is 1. The average Bonchev–Trinajstić information content (AvgIpc) is 3.51. The molecule has 5 rings (SSSR count). The molecule has 7 heteroatoms. The van der Waals surface area contributed by atoms with Crippen LogP contribution < -0.4 is 5.32 Å². The first-order valence-electron chi connectivity index (χ1n) is 10.4. The maximum atomic E-state index is 12.7. The molecule has 1 aromatic carbocycles. The van der Waals surface area contributed by atoms with Gasteiger partial charge < -0.3 is 9.84 Å². The van der Waals surface area contributed by atoms with Crippen molar-refractivity contribution in [3.8, 4) is 11.3 Å². The van der Waals surface area contributed by atoms with E-state index >= 15 is 0 Å². The van der Waals surface area contributed by atoms with E-state index in [4.69, 9.17) is 4.52 Å². The van der Waals surface area contributed by atoms with Gasteiger partial charge in [0.05, 0.1) is 17.5 Å². The van der Waals surface area contributed by atoms with Gasteiger partial charge in [0, 0.05) is 18.7 Å². The first-order valence-corrected chi connectivity index (χ1v) is 10.4. The quantitative estimate of drug-likeness (QED) is 0.453. The van der Waals surface area contributed by atoms with Crippen LogP contribution in [0.2, 0.25) is 0 Å². The maximum Gasteiger partial charge on any atom is 0.257 e. The van der Waals surface area contributed by atoms with E-state index in [1.807, 2.05) is 30.3 Å². The van der Waals surface area contributed by atoms with Gasteiger partial charge in [-0.1, -0.05) is 47.6 Å². The monoisotopic (exact) mass is 405 g/mol. The fraction of sp³-hybridized carbons (Fsp3) is 0.391. The number of fused-ring (bicyclic) bond motifs is 5. The van der Waals surface area contributed by atoms with Gasteiger partial charge in [0.2, 0.25) is 11.8 Å². The number of amides is 3. The summed E-state index contributed by atoms with van der Waals surface area (Å²) in [6.45, 7) is 2.42. The number of hydrogen-bond acceptors (Lipinski definition) is 5. The van der Waals surface area contributed by atoms with Crippen LogP contribution in [0.15, 0.2) is 47.0 Å².